The molecule has 1 aromatic carbocycles. The Morgan fingerprint density at radius 1 is 1.15 bits per heavy atom. The SMILES string of the molecule is COc1ccc(C)cc1C(C)NC(=O)c1sc(NC(=O)C(C)(C)C)cc1C. The number of aryl methyl sites for hydroxylation is 2. The average Bonchev–Trinajstić information content (AvgIpc) is 2.94. The van der Waals surface area contributed by atoms with Crippen LogP contribution in [0.2, 0.25) is 0 Å². The monoisotopic (exact) mass is 388 g/mol. The van der Waals surface area contributed by atoms with E-state index in [0.717, 1.165) is 22.4 Å². The van der Waals surface area contributed by atoms with E-state index in [4.69, 9.17) is 4.74 Å². The molecule has 2 amide bonds. The number of hydrogen-bond acceptors (Lipinski definition) is 4. The Hall–Kier alpha value is -2.34. The van der Waals surface area contributed by atoms with Crippen molar-refractivity contribution in [1.29, 1.82) is 0 Å². The zero-order valence-corrected chi connectivity index (χ0v) is 17.8. The Morgan fingerprint density at radius 2 is 1.81 bits per heavy atom. The molecule has 0 spiro atoms. The van der Waals surface area contributed by atoms with E-state index in [1.165, 1.54) is 11.3 Å². The van der Waals surface area contributed by atoms with Crippen molar-refractivity contribution >= 4 is 28.2 Å². The molecule has 0 radical (unpaired) electrons. The zero-order chi connectivity index (χ0) is 20.4. The number of hydrogen-bond donors (Lipinski definition) is 2. The summed E-state index contributed by atoms with van der Waals surface area (Å²) in [6.45, 7) is 11.4. The van der Waals surface area contributed by atoms with Crippen molar-refractivity contribution in [1.82, 2.24) is 5.32 Å². The maximum absolute atomic E-state index is 12.8. The number of carbonyl (C=O) groups is 2. The molecule has 6 heteroatoms. The molecule has 1 unspecified atom stereocenters. The van der Waals surface area contributed by atoms with Gasteiger partial charge in [-0.1, -0.05) is 38.5 Å². The van der Waals surface area contributed by atoms with E-state index in [1.54, 1.807) is 7.11 Å². The number of rotatable bonds is 5. The van der Waals surface area contributed by atoms with Crippen molar-refractivity contribution in [3.05, 3.63) is 45.8 Å². The quantitative estimate of drug-likeness (QED) is 0.769. The lowest BCUT2D eigenvalue weighted by Gasteiger charge is -2.18. The first-order chi connectivity index (χ1) is 12.5. The average molecular weight is 389 g/mol. The second-order valence-corrected chi connectivity index (χ2v) is 8.82. The molecule has 0 saturated carbocycles. The van der Waals surface area contributed by atoms with Gasteiger partial charge in [0.25, 0.3) is 5.91 Å². The van der Waals surface area contributed by atoms with Crippen molar-refractivity contribution in [2.75, 3.05) is 12.4 Å². The minimum absolute atomic E-state index is 0.0754. The number of methoxy groups -OCH3 is 1. The van der Waals surface area contributed by atoms with E-state index in [1.807, 2.05) is 65.8 Å². The molecule has 1 aromatic heterocycles. The van der Waals surface area contributed by atoms with Crippen molar-refractivity contribution in [2.24, 2.45) is 5.41 Å². The van der Waals surface area contributed by atoms with Gasteiger partial charge in [-0.15, -0.1) is 11.3 Å². The van der Waals surface area contributed by atoms with Crippen LogP contribution in [0.25, 0.3) is 0 Å². The second kappa shape index (κ2) is 8.13. The highest BCUT2D eigenvalue weighted by Gasteiger charge is 2.23. The van der Waals surface area contributed by atoms with Crippen LogP contribution in [0.1, 0.15) is 60.1 Å². The molecule has 1 atom stereocenters. The van der Waals surface area contributed by atoms with E-state index >= 15 is 0 Å². The number of anilines is 1. The van der Waals surface area contributed by atoms with Crippen LogP contribution in [-0.2, 0) is 4.79 Å². The molecule has 0 bridgehead atoms. The molecule has 5 nitrogen and oxygen atoms in total. The number of carbonyl (C=O) groups excluding carboxylic acids is 2. The van der Waals surface area contributed by atoms with Crippen molar-refractivity contribution in [3.8, 4) is 5.75 Å². The fourth-order valence-electron chi connectivity index (χ4n) is 2.60. The summed E-state index contributed by atoms with van der Waals surface area (Å²) in [5.74, 6) is 0.507. The molecule has 0 aliphatic rings. The molecular formula is C21H28N2O3S. The molecule has 27 heavy (non-hydrogen) atoms. The zero-order valence-electron chi connectivity index (χ0n) is 17.0. The topological polar surface area (TPSA) is 67.4 Å². The Bertz CT molecular complexity index is 850. The highest BCUT2D eigenvalue weighted by atomic mass is 32.1. The molecule has 2 rings (SSSR count). The first-order valence-electron chi connectivity index (χ1n) is 8.90. The minimum Gasteiger partial charge on any atom is -0.496 e. The fraction of sp³-hybridized carbons (Fsp3) is 0.429. The Labute approximate surface area is 165 Å². The summed E-state index contributed by atoms with van der Waals surface area (Å²) in [4.78, 5) is 25.5. The molecule has 0 aliphatic carbocycles. The molecule has 0 saturated heterocycles. The highest BCUT2D eigenvalue weighted by molar-refractivity contribution is 7.18. The van der Waals surface area contributed by atoms with Gasteiger partial charge in [-0.3, -0.25) is 9.59 Å². The van der Waals surface area contributed by atoms with Gasteiger partial charge in [0.2, 0.25) is 5.91 Å². The van der Waals surface area contributed by atoms with Gasteiger partial charge in [0, 0.05) is 11.0 Å². The highest BCUT2D eigenvalue weighted by Crippen LogP contribution is 2.30. The van der Waals surface area contributed by atoms with Gasteiger partial charge in [0.05, 0.1) is 23.0 Å². The lowest BCUT2D eigenvalue weighted by Crippen LogP contribution is -2.27. The predicted octanol–water partition coefficient (Wildman–Crippen LogP) is 4.85. The summed E-state index contributed by atoms with van der Waals surface area (Å²) in [7, 11) is 1.62. The van der Waals surface area contributed by atoms with E-state index in [9.17, 15) is 9.59 Å². The van der Waals surface area contributed by atoms with Gasteiger partial charge in [-0.25, -0.2) is 0 Å². The smallest absolute Gasteiger partial charge is 0.262 e. The second-order valence-electron chi connectivity index (χ2n) is 7.77. The van der Waals surface area contributed by atoms with Crippen molar-refractivity contribution < 1.29 is 14.3 Å². The normalized spacial score (nSPS) is 12.4. The van der Waals surface area contributed by atoms with Gasteiger partial charge in [-0.2, -0.15) is 0 Å². The van der Waals surface area contributed by atoms with E-state index < -0.39 is 5.41 Å². The van der Waals surface area contributed by atoms with Crippen LogP contribution < -0.4 is 15.4 Å². The lowest BCUT2D eigenvalue weighted by atomic mass is 9.96. The van der Waals surface area contributed by atoms with Crippen LogP contribution >= 0.6 is 11.3 Å². The van der Waals surface area contributed by atoms with Crippen LogP contribution in [-0.4, -0.2) is 18.9 Å². The maximum atomic E-state index is 12.8. The van der Waals surface area contributed by atoms with Crippen LogP contribution in [0.15, 0.2) is 24.3 Å². The predicted molar refractivity (Wildman–Crippen MR) is 111 cm³/mol. The van der Waals surface area contributed by atoms with E-state index in [-0.39, 0.29) is 17.9 Å². The summed E-state index contributed by atoms with van der Waals surface area (Å²) in [5, 5.41) is 6.60. The first-order valence-corrected chi connectivity index (χ1v) is 9.72. The van der Waals surface area contributed by atoms with Gasteiger partial charge in [0.15, 0.2) is 0 Å². The standard InChI is InChI=1S/C21H28N2O3S/c1-12-8-9-16(26-7)15(10-12)14(3)22-19(24)18-13(2)11-17(27-18)23-20(25)21(4,5)6/h8-11,14H,1-7H3,(H,22,24)(H,23,25). The summed E-state index contributed by atoms with van der Waals surface area (Å²) in [6, 6.07) is 7.52. The lowest BCUT2D eigenvalue weighted by molar-refractivity contribution is -0.123. The molecule has 146 valence electrons. The number of thiophene rings is 1. The largest absolute Gasteiger partial charge is 0.496 e. The van der Waals surface area contributed by atoms with Crippen LogP contribution in [0.5, 0.6) is 5.75 Å². The third-order valence-corrected chi connectivity index (χ3v) is 5.39. The first kappa shape index (κ1) is 21.0. The van der Waals surface area contributed by atoms with E-state index in [0.29, 0.717) is 9.88 Å². The third-order valence-electron chi connectivity index (χ3n) is 4.24. The molecule has 0 aliphatic heterocycles. The van der Waals surface area contributed by atoms with Crippen LogP contribution in [0, 0.1) is 19.3 Å². The van der Waals surface area contributed by atoms with Crippen LogP contribution in [0.3, 0.4) is 0 Å². The molecule has 1 heterocycles. The summed E-state index contributed by atoms with van der Waals surface area (Å²) >= 11 is 1.29. The van der Waals surface area contributed by atoms with Gasteiger partial charge < -0.3 is 15.4 Å². The Morgan fingerprint density at radius 3 is 2.41 bits per heavy atom. The number of benzene rings is 1. The molecular weight excluding hydrogens is 360 g/mol. The molecule has 0 fully saturated rings. The summed E-state index contributed by atoms with van der Waals surface area (Å²) < 4.78 is 5.42. The van der Waals surface area contributed by atoms with Gasteiger partial charge >= 0.3 is 0 Å². The fourth-order valence-corrected chi connectivity index (χ4v) is 3.57. The molecule has 2 N–H and O–H groups in total. The number of ether oxygens (including phenoxy) is 1. The minimum atomic E-state index is -0.490. The Kier molecular flexibility index (Phi) is 6.31. The van der Waals surface area contributed by atoms with E-state index in [2.05, 4.69) is 10.6 Å². The summed E-state index contributed by atoms with van der Waals surface area (Å²) in [5.41, 5.74) is 2.38. The number of amides is 2. The van der Waals surface area contributed by atoms with Gasteiger partial charge in [0.1, 0.15) is 5.75 Å². The maximum Gasteiger partial charge on any atom is 0.262 e. The van der Waals surface area contributed by atoms with Crippen molar-refractivity contribution in [2.45, 2.75) is 47.6 Å². The van der Waals surface area contributed by atoms with Gasteiger partial charge in [-0.05, 0) is 38.5 Å². The summed E-state index contributed by atoms with van der Waals surface area (Å²) in [6.07, 6.45) is 0. The molecule has 2 aromatic rings. The number of nitrogens with one attached hydrogen (secondary N) is 2. The van der Waals surface area contributed by atoms with Crippen LogP contribution in [0.4, 0.5) is 5.00 Å². The van der Waals surface area contributed by atoms with Crippen molar-refractivity contribution in [3.63, 3.8) is 0 Å². The Balaban J connectivity index is 2.17. The third kappa shape index (κ3) is 5.10.